The maximum Gasteiger partial charge on any atom is 0.214 e. The van der Waals surface area contributed by atoms with Crippen LogP contribution in [0.4, 0.5) is 5.13 Å². The van der Waals surface area contributed by atoms with Gasteiger partial charge in [0.1, 0.15) is 13.2 Å². The number of hydrogen-bond acceptors (Lipinski definition) is 6. The standard InChI is InChI=1S/C20H24N4O2S/c1-20(2,3)16-11-24-19(21-16)27-18(23-24)22-17(12-4-5-12)13-6-7-14-15(10-13)26-9-8-25-14/h6-7,10-12,17H,4-5,8-9H2,1-3H3,(H,22,23). The molecule has 1 fully saturated rings. The Morgan fingerprint density at radius 3 is 2.67 bits per heavy atom. The molecule has 1 atom stereocenters. The number of fused-ring (bicyclic) bond motifs is 2. The van der Waals surface area contributed by atoms with Crippen LogP contribution in [-0.4, -0.2) is 27.8 Å². The lowest BCUT2D eigenvalue weighted by Gasteiger charge is -2.22. The van der Waals surface area contributed by atoms with E-state index in [0.717, 1.165) is 27.3 Å². The van der Waals surface area contributed by atoms with E-state index in [0.29, 0.717) is 19.1 Å². The molecular formula is C20H24N4O2S. The molecule has 0 amide bonds. The van der Waals surface area contributed by atoms with Gasteiger partial charge in [0.15, 0.2) is 11.5 Å². The summed E-state index contributed by atoms with van der Waals surface area (Å²) in [5.74, 6) is 2.31. The zero-order chi connectivity index (χ0) is 18.6. The first kappa shape index (κ1) is 16.9. The SMILES string of the molecule is CC(C)(C)c1cn2nc(NC(c3ccc4c(c3)OCCO4)C3CC3)sc2n1. The minimum atomic E-state index is 0.0305. The largest absolute Gasteiger partial charge is 0.486 e. The number of hydrogen-bond donors (Lipinski definition) is 1. The van der Waals surface area contributed by atoms with E-state index >= 15 is 0 Å². The molecule has 0 bridgehead atoms. The lowest BCUT2D eigenvalue weighted by atomic mass is 9.93. The molecule has 2 aromatic heterocycles. The van der Waals surface area contributed by atoms with Crippen LogP contribution < -0.4 is 14.8 Å². The van der Waals surface area contributed by atoms with Gasteiger partial charge in [0, 0.05) is 5.41 Å². The van der Waals surface area contributed by atoms with Gasteiger partial charge in [-0.25, -0.2) is 9.50 Å². The molecule has 27 heavy (non-hydrogen) atoms. The van der Waals surface area contributed by atoms with Crippen molar-refractivity contribution < 1.29 is 9.47 Å². The van der Waals surface area contributed by atoms with Crippen LogP contribution in [0.1, 0.15) is 50.9 Å². The zero-order valence-electron chi connectivity index (χ0n) is 15.9. The average molecular weight is 385 g/mol. The number of benzene rings is 1. The van der Waals surface area contributed by atoms with Gasteiger partial charge < -0.3 is 14.8 Å². The van der Waals surface area contributed by atoms with Crippen molar-refractivity contribution in [1.29, 1.82) is 0 Å². The van der Waals surface area contributed by atoms with E-state index in [2.05, 4.69) is 38.2 Å². The maximum atomic E-state index is 5.77. The summed E-state index contributed by atoms with van der Waals surface area (Å²) >= 11 is 1.60. The Morgan fingerprint density at radius 1 is 1.19 bits per heavy atom. The lowest BCUT2D eigenvalue weighted by Crippen LogP contribution is -2.17. The summed E-state index contributed by atoms with van der Waals surface area (Å²) in [6, 6.07) is 6.50. The van der Waals surface area contributed by atoms with E-state index in [1.165, 1.54) is 18.4 Å². The number of nitrogens with zero attached hydrogens (tertiary/aromatic N) is 3. The van der Waals surface area contributed by atoms with Crippen LogP contribution in [-0.2, 0) is 5.41 Å². The second-order valence-electron chi connectivity index (χ2n) is 8.37. The zero-order valence-corrected chi connectivity index (χ0v) is 16.7. The predicted molar refractivity (Wildman–Crippen MR) is 106 cm³/mol. The van der Waals surface area contributed by atoms with Gasteiger partial charge in [-0.1, -0.05) is 38.2 Å². The van der Waals surface area contributed by atoms with Gasteiger partial charge in [0.2, 0.25) is 10.1 Å². The van der Waals surface area contributed by atoms with Crippen molar-refractivity contribution in [1.82, 2.24) is 14.6 Å². The molecule has 0 spiro atoms. The van der Waals surface area contributed by atoms with Crippen molar-refractivity contribution in [3.8, 4) is 11.5 Å². The molecule has 142 valence electrons. The Balaban J connectivity index is 1.42. The molecule has 1 aliphatic carbocycles. The second kappa shape index (κ2) is 6.12. The molecule has 0 saturated heterocycles. The molecule has 1 aliphatic heterocycles. The van der Waals surface area contributed by atoms with Gasteiger partial charge >= 0.3 is 0 Å². The van der Waals surface area contributed by atoms with Crippen LogP contribution in [0, 0.1) is 5.92 Å². The minimum absolute atomic E-state index is 0.0305. The van der Waals surface area contributed by atoms with Crippen molar-refractivity contribution in [2.24, 2.45) is 5.92 Å². The van der Waals surface area contributed by atoms with E-state index in [1.54, 1.807) is 11.3 Å². The summed E-state index contributed by atoms with van der Waals surface area (Å²) in [5, 5.41) is 9.27. The van der Waals surface area contributed by atoms with Gasteiger partial charge in [0.05, 0.1) is 17.9 Å². The quantitative estimate of drug-likeness (QED) is 0.721. The summed E-state index contributed by atoms with van der Waals surface area (Å²) in [6.45, 7) is 7.74. The van der Waals surface area contributed by atoms with Gasteiger partial charge in [0.25, 0.3) is 0 Å². The third kappa shape index (κ3) is 3.25. The van der Waals surface area contributed by atoms with Crippen molar-refractivity contribution in [2.45, 2.75) is 45.1 Å². The predicted octanol–water partition coefficient (Wildman–Crippen LogP) is 4.42. The number of aromatic nitrogens is 3. The van der Waals surface area contributed by atoms with Crippen LogP contribution in [0.5, 0.6) is 11.5 Å². The highest BCUT2D eigenvalue weighted by atomic mass is 32.1. The number of anilines is 1. The molecule has 3 aromatic rings. The van der Waals surface area contributed by atoms with E-state index in [9.17, 15) is 0 Å². The molecule has 1 N–H and O–H groups in total. The number of imidazole rings is 1. The minimum Gasteiger partial charge on any atom is -0.486 e. The van der Waals surface area contributed by atoms with Gasteiger partial charge in [-0.05, 0) is 36.5 Å². The number of nitrogens with one attached hydrogen (secondary N) is 1. The third-order valence-electron chi connectivity index (χ3n) is 5.11. The highest BCUT2D eigenvalue weighted by molar-refractivity contribution is 7.20. The molecular weight excluding hydrogens is 360 g/mol. The third-order valence-corrected chi connectivity index (χ3v) is 5.96. The Bertz CT molecular complexity index is 952. The van der Waals surface area contributed by atoms with Crippen LogP contribution in [0.3, 0.4) is 0 Å². The highest BCUT2D eigenvalue weighted by Crippen LogP contribution is 2.45. The molecule has 2 aliphatic rings. The Hall–Kier alpha value is -2.28. The van der Waals surface area contributed by atoms with Gasteiger partial charge in [-0.2, -0.15) is 0 Å². The summed E-state index contributed by atoms with van der Waals surface area (Å²) in [5.41, 5.74) is 2.33. The molecule has 7 heteroatoms. The van der Waals surface area contributed by atoms with Crippen LogP contribution in [0.25, 0.3) is 4.96 Å². The first-order chi connectivity index (χ1) is 13.0. The Kier molecular flexibility index (Phi) is 3.82. The fourth-order valence-electron chi connectivity index (χ4n) is 3.41. The van der Waals surface area contributed by atoms with E-state index in [1.807, 2.05) is 16.8 Å². The van der Waals surface area contributed by atoms with Crippen LogP contribution in [0.2, 0.25) is 0 Å². The summed E-state index contributed by atoms with van der Waals surface area (Å²) in [4.78, 5) is 5.68. The van der Waals surface area contributed by atoms with Crippen molar-refractivity contribution in [2.75, 3.05) is 18.5 Å². The molecule has 0 radical (unpaired) electrons. The summed E-state index contributed by atoms with van der Waals surface area (Å²) in [6.07, 6.45) is 4.51. The molecule has 6 nitrogen and oxygen atoms in total. The lowest BCUT2D eigenvalue weighted by molar-refractivity contribution is 0.171. The van der Waals surface area contributed by atoms with Crippen molar-refractivity contribution in [3.63, 3.8) is 0 Å². The van der Waals surface area contributed by atoms with Crippen molar-refractivity contribution in [3.05, 3.63) is 35.7 Å². The van der Waals surface area contributed by atoms with E-state index < -0.39 is 0 Å². The summed E-state index contributed by atoms with van der Waals surface area (Å²) < 4.78 is 13.3. The van der Waals surface area contributed by atoms with Crippen LogP contribution >= 0.6 is 11.3 Å². The van der Waals surface area contributed by atoms with Crippen LogP contribution in [0.15, 0.2) is 24.4 Å². The fourth-order valence-corrected chi connectivity index (χ4v) is 4.23. The normalized spacial score (nSPS) is 17.9. The summed E-state index contributed by atoms with van der Waals surface area (Å²) in [7, 11) is 0. The molecule has 1 aromatic carbocycles. The Morgan fingerprint density at radius 2 is 1.96 bits per heavy atom. The first-order valence-electron chi connectivity index (χ1n) is 9.50. The highest BCUT2D eigenvalue weighted by Gasteiger charge is 2.34. The molecule has 5 rings (SSSR count). The monoisotopic (exact) mass is 384 g/mol. The first-order valence-corrected chi connectivity index (χ1v) is 10.3. The van der Waals surface area contributed by atoms with E-state index in [-0.39, 0.29) is 11.5 Å². The Labute approximate surface area is 162 Å². The smallest absolute Gasteiger partial charge is 0.214 e. The fraction of sp³-hybridized carbons (Fsp3) is 0.500. The molecule has 1 unspecified atom stereocenters. The van der Waals surface area contributed by atoms with Gasteiger partial charge in [-0.15, -0.1) is 5.10 Å². The van der Waals surface area contributed by atoms with Crippen molar-refractivity contribution >= 4 is 21.4 Å². The number of rotatable bonds is 4. The molecule has 1 saturated carbocycles. The maximum absolute atomic E-state index is 5.77. The molecule has 3 heterocycles. The number of ether oxygens (including phenoxy) is 2. The topological polar surface area (TPSA) is 60.7 Å². The van der Waals surface area contributed by atoms with E-state index in [4.69, 9.17) is 19.6 Å². The van der Waals surface area contributed by atoms with Gasteiger partial charge in [-0.3, -0.25) is 0 Å². The average Bonchev–Trinajstić information content (AvgIpc) is 3.28. The second-order valence-corrected chi connectivity index (χ2v) is 9.33.